The first-order valence-electron chi connectivity index (χ1n) is 4.03. The topological polar surface area (TPSA) is 26.3 Å². The van der Waals surface area contributed by atoms with Crippen molar-refractivity contribution in [2.45, 2.75) is 13.3 Å². The molecule has 0 N–H and O–H groups in total. The summed E-state index contributed by atoms with van der Waals surface area (Å²) in [6.45, 7) is 2.72. The highest BCUT2D eigenvalue weighted by Crippen LogP contribution is 2.29. The molecule has 0 aliphatic carbocycles. The maximum absolute atomic E-state index is 10.6. The van der Waals surface area contributed by atoms with E-state index in [4.69, 9.17) is 4.74 Å². The molecule has 0 aromatic heterocycles. The molecule has 2 rings (SSSR count). The largest absolute Gasteiger partial charge is 0.493 e. The second-order valence-electron chi connectivity index (χ2n) is 2.97. The molecule has 0 amide bonds. The van der Waals surface area contributed by atoms with Crippen molar-refractivity contribution in [2.24, 2.45) is 0 Å². The first-order chi connectivity index (χ1) is 5.83. The number of hydrogen-bond acceptors (Lipinski definition) is 2. The summed E-state index contributed by atoms with van der Waals surface area (Å²) in [5, 5.41) is 0. The summed E-state index contributed by atoms with van der Waals surface area (Å²) in [7, 11) is 0. The van der Waals surface area contributed by atoms with Gasteiger partial charge in [-0.2, -0.15) is 0 Å². The number of hydrogen-bond donors (Lipinski definition) is 0. The van der Waals surface area contributed by atoms with E-state index in [9.17, 15) is 4.79 Å². The monoisotopic (exact) mass is 162 g/mol. The van der Waals surface area contributed by atoms with Crippen LogP contribution in [0.1, 0.15) is 21.5 Å². The standard InChI is InChI=1S/C10H10O2/c1-7-8(6-11)2-3-10-9(7)4-5-12-10/h2-3,6H,4-5H2,1H3. The van der Waals surface area contributed by atoms with Crippen LogP contribution in [-0.4, -0.2) is 12.9 Å². The van der Waals surface area contributed by atoms with E-state index in [0.29, 0.717) is 0 Å². The summed E-state index contributed by atoms with van der Waals surface area (Å²) in [5.74, 6) is 0.943. The summed E-state index contributed by atoms with van der Waals surface area (Å²) in [5.41, 5.74) is 3.04. The smallest absolute Gasteiger partial charge is 0.150 e. The Hall–Kier alpha value is -1.31. The molecular weight excluding hydrogens is 152 g/mol. The fraction of sp³-hybridized carbons (Fsp3) is 0.300. The number of aldehydes is 1. The van der Waals surface area contributed by atoms with Crippen molar-refractivity contribution >= 4 is 6.29 Å². The summed E-state index contributed by atoms with van der Waals surface area (Å²) < 4.78 is 5.36. The van der Waals surface area contributed by atoms with Crippen LogP contribution in [0.4, 0.5) is 0 Å². The third kappa shape index (κ3) is 0.916. The van der Waals surface area contributed by atoms with Gasteiger partial charge >= 0.3 is 0 Å². The molecule has 0 unspecified atom stereocenters. The van der Waals surface area contributed by atoms with Crippen molar-refractivity contribution in [3.63, 3.8) is 0 Å². The molecule has 1 aliphatic heterocycles. The number of fused-ring (bicyclic) bond motifs is 1. The van der Waals surface area contributed by atoms with Gasteiger partial charge in [-0.1, -0.05) is 0 Å². The molecule has 12 heavy (non-hydrogen) atoms. The van der Waals surface area contributed by atoms with Gasteiger partial charge in [-0.05, 0) is 24.6 Å². The van der Waals surface area contributed by atoms with Gasteiger partial charge in [0.1, 0.15) is 12.0 Å². The molecule has 1 aromatic carbocycles. The highest BCUT2D eigenvalue weighted by atomic mass is 16.5. The molecule has 0 spiro atoms. The molecule has 0 atom stereocenters. The van der Waals surface area contributed by atoms with Gasteiger partial charge in [0.2, 0.25) is 0 Å². The zero-order chi connectivity index (χ0) is 8.55. The summed E-state index contributed by atoms with van der Waals surface area (Å²) in [6, 6.07) is 3.69. The predicted molar refractivity (Wildman–Crippen MR) is 45.8 cm³/mol. The van der Waals surface area contributed by atoms with E-state index in [1.165, 1.54) is 5.56 Å². The predicted octanol–water partition coefficient (Wildman–Crippen LogP) is 1.74. The number of carbonyl (C=O) groups is 1. The molecule has 2 heteroatoms. The van der Waals surface area contributed by atoms with E-state index in [0.717, 1.165) is 36.2 Å². The Labute approximate surface area is 71.2 Å². The summed E-state index contributed by atoms with van der Waals surface area (Å²) in [4.78, 5) is 10.6. The minimum Gasteiger partial charge on any atom is -0.493 e. The minimum absolute atomic E-state index is 0.748. The average molecular weight is 162 g/mol. The van der Waals surface area contributed by atoms with Gasteiger partial charge in [-0.3, -0.25) is 4.79 Å². The van der Waals surface area contributed by atoms with Crippen LogP contribution in [0, 0.1) is 6.92 Å². The van der Waals surface area contributed by atoms with Crippen LogP contribution in [-0.2, 0) is 6.42 Å². The molecular formula is C10H10O2. The van der Waals surface area contributed by atoms with Gasteiger partial charge in [0.15, 0.2) is 0 Å². The molecule has 1 heterocycles. The van der Waals surface area contributed by atoms with E-state index < -0.39 is 0 Å². The number of benzene rings is 1. The van der Waals surface area contributed by atoms with Crippen molar-refractivity contribution in [2.75, 3.05) is 6.61 Å². The summed E-state index contributed by atoms with van der Waals surface area (Å²) >= 11 is 0. The second-order valence-corrected chi connectivity index (χ2v) is 2.97. The Bertz CT molecular complexity index is 329. The van der Waals surface area contributed by atoms with E-state index in [1.807, 2.05) is 19.1 Å². The van der Waals surface area contributed by atoms with E-state index in [2.05, 4.69) is 0 Å². The second kappa shape index (κ2) is 2.63. The molecule has 0 saturated heterocycles. The third-order valence-electron chi connectivity index (χ3n) is 2.33. The van der Waals surface area contributed by atoms with Crippen LogP contribution in [0.15, 0.2) is 12.1 Å². The molecule has 2 nitrogen and oxygen atoms in total. The highest BCUT2D eigenvalue weighted by molar-refractivity contribution is 5.78. The Balaban J connectivity index is 2.61. The minimum atomic E-state index is 0.748. The molecule has 1 aromatic rings. The quantitative estimate of drug-likeness (QED) is 0.588. The maximum Gasteiger partial charge on any atom is 0.150 e. The first-order valence-corrected chi connectivity index (χ1v) is 4.03. The zero-order valence-electron chi connectivity index (χ0n) is 6.96. The van der Waals surface area contributed by atoms with Gasteiger partial charge in [0.05, 0.1) is 6.61 Å². The van der Waals surface area contributed by atoms with Gasteiger partial charge in [0, 0.05) is 17.5 Å². The fourth-order valence-corrected chi connectivity index (χ4v) is 1.59. The summed E-state index contributed by atoms with van der Waals surface area (Å²) in [6.07, 6.45) is 1.83. The lowest BCUT2D eigenvalue weighted by molar-refractivity contribution is 0.112. The number of rotatable bonds is 1. The van der Waals surface area contributed by atoms with Crippen molar-refractivity contribution in [3.8, 4) is 5.75 Å². The average Bonchev–Trinajstić information content (AvgIpc) is 2.53. The Morgan fingerprint density at radius 1 is 1.50 bits per heavy atom. The van der Waals surface area contributed by atoms with Crippen molar-refractivity contribution in [1.29, 1.82) is 0 Å². The lowest BCUT2D eigenvalue weighted by atomic mass is 10.0. The first kappa shape index (κ1) is 7.35. The van der Waals surface area contributed by atoms with Crippen LogP contribution < -0.4 is 4.74 Å². The van der Waals surface area contributed by atoms with Crippen molar-refractivity contribution in [1.82, 2.24) is 0 Å². The van der Waals surface area contributed by atoms with E-state index in [-0.39, 0.29) is 0 Å². The molecule has 0 bridgehead atoms. The van der Waals surface area contributed by atoms with Crippen LogP contribution in [0.25, 0.3) is 0 Å². The third-order valence-corrected chi connectivity index (χ3v) is 2.33. The van der Waals surface area contributed by atoms with Gasteiger partial charge < -0.3 is 4.74 Å². The highest BCUT2D eigenvalue weighted by Gasteiger charge is 2.15. The van der Waals surface area contributed by atoms with E-state index in [1.54, 1.807) is 0 Å². The molecule has 0 radical (unpaired) electrons. The SMILES string of the molecule is Cc1c(C=O)ccc2c1CCO2. The lowest BCUT2D eigenvalue weighted by Crippen LogP contribution is -1.90. The molecule has 0 saturated carbocycles. The van der Waals surface area contributed by atoms with Crippen LogP contribution in [0.3, 0.4) is 0 Å². The molecule has 1 aliphatic rings. The van der Waals surface area contributed by atoms with E-state index >= 15 is 0 Å². The Morgan fingerprint density at radius 2 is 2.33 bits per heavy atom. The van der Waals surface area contributed by atoms with Crippen molar-refractivity contribution in [3.05, 3.63) is 28.8 Å². The zero-order valence-corrected chi connectivity index (χ0v) is 6.96. The lowest BCUT2D eigenvalue weighted by Gasteiger charge is -2.03. The van der Waals surface area contributed by atoms with Gasteiger partial charge in [-0.15, -0.1) is 0 Å². The maximum atomic E-state index is 10.6. The number of carbonyl (C=O) groups excluding carboxylic acids is 1. The van der Waals surface area contributed by atoms with Crippen LogP contribution in [0.5, 0.6) is 5.75 Å². The molecule has 0 fully saturated rings. The van der Waals surface area contributed by atoms with Gasteiger partial charge in [0.25, 0.3) is 0 Å². The normalized spacial score (nSPS) is 13.8. The van der Waals surface area contributed by atoms with Crippen LogP contribution >= 0.6 is 0 Å². The van der Waals surface area contributed by atoms with Gasteiger partial charge in [-0.25, -0.2) is 0 Å². The van der Waals surface area contributed by atoms with Crippen LogP contribution in [0.2, 0.25) is 0 Å². The number of ether oxygens (including phenoxy) is 1. The fourth-order valence-electron chi connectivity index (χ4n) is 1.59. The Kier molecular flexibility index (Phi) is 1.61. The molecule has 62 valence electrons. The van der Waals surface area contributed by atoms with Crippen molar-refractivity contribution < 1.29 is 9.53 Å². The Morgan fingerprint density at radius 3 is 3.08 bits per heavy atom.